The molecule has 0 unspecified atom stereocenters. The summed E-state index contributed by atoms with van der Waals surface area (Å²) in [5.74, 6) is 1.66. The molecule has 0 fully saturated rings. The molecule has 0 aliphatic heterocycles. The first kappa shape index (κ1) is 13.7. The van der Waals surface area contributed by atoms with E-state index in [1.54, 1.807) is 6.33 Å². The van der Waals surface area contributed by atoms with Crippen LogP contribution in [-0.2, 0) is 0 Å². The van der Waals surface area contributed by atoms with Crippen LogP contribution in [-0.4, -0.2) is 28.1 Å². The summed E-state index contributed by atoms with van der Waals surface area (Å²) in [6.07, 6.45) is 2.45. The molecule has 0 aromatic carbocycles. The monoisotopic (exact) mass is 237 g/mol. The van der Waals surface area contributed by atoms with E-state index < -0.39 is 0 Å². The fourth-order valence-electron chi connectivity index (χ4n) is 1.34. The van der Waals surface area contributed by atoms with Crippen LogP contribution in [0.3, 0.4) is 0 Å². The van der Waals surface area contributed by atoms with Gasteiger partial charge in [-0.1, -0.05) is 0 Å². The minimum atomic E-state index is -0.154. The molecule has 17 heavy (non-hydrogen) atoms. The molecule has 96 valence electrons. The van der Waals surface area contributed by atoms with Crippen molar-refractivity contribution >= 4 is 11.6 Å². The SMILES string of the molecule is CC(C)Nc1cc(NCCC(C)(C)N)ncn1. The van der Waals surface area contributed by atoms with Crippen LogP contribution >= 0.6 is 0 Å². The van der Waals surface area contributed by atoms with Gasteiger partial charge < -0.3 is 16.4 Å². The normalized spacial score (nSPS) is 11.6. The lowest BCUT2D eigenvalue weighted by Gasteiger charge is -2.18. The van der Waals surface area contributed by atoms with Crippen LogP contribution in [0.1, 0.15) is 34.1 Å². The molecule has 0 atom stereocenters. The zero-order valence-electron chi connectivity index (χ0n) is 11.1. The molecule has 0 saturated carbocycles. The number of anilines is 2. The predicted molar refractivity (Wildman–Crippen MR) is 72.2 cm³/mol. The molecule has 1 heterocycles. The Morgan fingerprint density at radius 1 is 1.29 bits per heavy atom. The lowest BCUT2D eigenvalue weighted by molar-refractivity contribution is 0.490. The van der Waals surface area contributed by atoms with Crippen molar-refractivity contribution in [3.05, 3.63) is 12.4 Å². The highest BCUT2D eigenvalue weighted by Gasteiger charge is 2.09. The molecule has 5 heteroatoms. The lowest BCUT2D eigenvalue weighted by atomic mass is 10.0. The minimum absolute atomic E-state index is 0.154. The average molecular weight is 237 g/mol. The maximum atomic E-state index is 5.91. The van der Waals surface area contributed by atoms with E-state index in [2.05, 4.69) is 34.4 Å². The maximum absolute atomic E-state index is 5.91. The highest BCUT2D eigenvalue weighted by Crippen LogP contribution is 2.10. The molecule has 1 aromatic heterocycles. The second-order valence-corrected chi connectivity index (χ2v) is 5.25. The van der Waals surface area contributed by atoms with Gasteiger partial charge in [-0.05, 0) is 34.1 Å². The molecule has 5 nitrogen and oxygen atoms in total. The van der Waals surface area contributed by atoms with Gasteiger partial charge in [0.25, 0.3) is 0 Å². The summed E-state index contributed by atoms with van der Waals surface area (Å²) in [7, 11) is 0. The topological polar surface area (TPSA) is 75.9 Å². The Morgan fingerprint density at radius 3 is 2.53 bits per heavy atom. The van der Waals surface area contributed by atoms with Crippen LogP contribution in [0.4, 0.5) is 11.6 Å². The number of nitrogens with two attached hydrogens (primary N) is 1. The van der Waals surface area contributed by atoms with Crippen LogP contribution in [0.15, 0.2) is 12.4 Å². The Bertz CT molecular complexity index is 343. The van der Waals surface area contributed by atoms with E-state index in [9.17, 15) is 0 Å². The molecule has 1 rings (SSSR count). The van der Waals surface area contributed by atoms with E-state index in [-0.39, 0.29) is 5.54 Å². The third kappa shape index (κ3) is 6.06. The summed E-state index contributed by atoms with van der Waals surface area (Å²) in [5, 5.41) is 6.48. The van der Waals surface area contributed by atoms with Gasteiger partial charge in [-0.3, -0.25) is 0 Å². The van der Waals surface area contributed by atoms with E-state index in [0.717, 1.165) is 24.6 Å². The molecule has 0 bridgehead atoms. The summed E-state index contributed by atoms with van der Waals surface area (Å²) in [4.78, 5) is 8.31. The Kier molecular flexibility index (Phi) is 4.69. The summed E-state index contributed by atoms with van der Waals surface area (Å²) in [6.45, 7) is 8.99. The van der Waals surface area contributed by atoms with Crippen molar-refractivity contribution in [2.24, 2.45) is 5.73 Å². The molecule has 0 spiro atoms. The number of hydrogen-bond donors (Lipinski definition) is 3. The average Bonchev–Trinajstić information content (AvgIpc) is 2.15. The quantitative estimate of drug-likeness (QED) is 0.704. The second kappa shape index (κ2) is 5.82. The van der Waals surface area contributed by atoms with Gasteiger partial charge in [-0.25, -0.2) is 9.97 Å². The fraction of sp³-hybridized carbons (Fsp3) is 0.667. The van der Waals surface area contributed by atoms with Crippen molar-refractivity contribution in [2.45, 2.75) is 45.7 Å². The number of nitrogens with zero attached hydrogens (tertiary/aromatic N) is 2. The first-order valence-corrected chi connectivity index (χ1v) is 5.98. The molecular formula is C12H23N5. The number of nitrogens with one attached hydrogen (secondary N) is 2. The van der Waals surface area contributed by atoms with E-state index >= 15 is 0 Å². The zero-order valence-corrected chi connectivity index (χ0v) is 11.1. The first-order chi connectivity index (χ1) is 7.87. The van der Waals surface area contributed by atoms with Gasteiger partial charge in [0.1, 0.15) is 18.0 Å². The van der Waals surface area contributed by atoms with E-state index in [0.29, 0.717) is 6.04 Å². The minimum Gasteiger partial charge on any atom is -0.370 e. The van der Waals surface area contributed by atoms with Crippen molar-refractivity contribution in [1.29, 1.82) is 0 Å². The third-order valence-electron chi connectivity index (χ3n) is 2.18. The Hall–Kier alpha value is -1.36. The van der Waals surface area contributed by atoms with E-state index in [1.807, 2.05) is 19.9 Å². The van der Waals surface area contributed by atoms with Gasteiger partial charge in [0, 0.05) is 24.2 Å². The molecule has 0 aliphatic rings. The van der Waals surface area contributed by atoms with Crippen molar-refractivity contribution in [1.82, 2.24) is 9.97 Å². The van der Waals surface area contributed by atoms with Gasteiger partial charge in [-0.15, -0.1) is 0 Å². The summed E-state index contributed by atoms with van der Waals surface area (Å²) in [6, 6.07) is 2.27. The molecule has 1 aromatic rings. The van der Waals surface area contributed by atoms with Crippen molar-refractivity contribution in [2.75, 3.05) is 17.2 Å². The van der Waals surface area contributed by atoms with Crippen LogP contribution in [0.5, 0.6) is 0 Å². The van der Waals surface area contributed by atoms with E-state index in [4.69, 9.17) is 5.73 Å². The van der Waals surface area contributed by atoms with Crippen molar-refractivity contribution in [3.8, 4) is 0 Å². The molecule has 4 N–H and O–H groups in total. The predicted octanol–water partition coefficient (Wildman–Crippen LogP) is 1.84. The second-order valence-electron chi connectivity index (χ2n) is 5.25. The fourth-order valence-corrected chi connectivity index (χ4v) is 1.34. The van der Waals surface area contributed by atoms with Gasteiger partial charge in [0.2, 0.25) is 0 Å². The molecule has 0 radical (unpaired) electrons. The highest BCUT2D eigenvalue weighted by atomic mass is 15.1. The van der Waals surface area contributed by atoms with Crippen molar-refractivity contribution in [3.63, 3.8) is 0 Å². The molecule has 0 amide bonds. The molecule has 0 aliphatic carbocycles. The Labute approximate surface area is 103 Å². The highest BCUT2D eigenvalue weighted by molar-refractivity contribution is 5.46. The third-order valence-corrected chi connectivity index (χ3v) is 2.18. The Balaban J connectivity index is 2.48. The van der Waals surface area contributed by atoms with Crippen molar-refractivity contribution < 1.29 is 0 Å². The summed E-state index contributed by atoms with van der Waals surface area (Å²) in [5.41, 5.74) is 5.76. The van der Waals surface area contributed by atoms with Crippen LogP contribution < -0.4 is 16.4 Å². The zero-order chi connectivity index (χ0) is 12.9. The summed E-state index contributed by atoms with van der Waals surface area (Å²) < 4.78 is 0. The standard InChI is InChI=1S/C12H23N5/c1-9(2)17-11-7-10(15-8-16-11)14-6-5-12(3,4)13/h7-9H,5-6,13H2,1-4H3,(H2,14,15,16,17). The van der Waals surface area contributed by atoms with Gasteiger partial charge in [0.15, 0.2) is 0 Å². The Morgan fingerprint density at radius 2 is 1.94 bits per heavy atom. The number of hydrogen-bond acceptors (Lipinski definition) is 5. The van der Waals surface area contributed by atoms with Gasteiger partial charge in [-0.2, -0.15) is 0 Å². The largest absolute Gasteiger partial charge is 0.370 e. The number of rotatable bonds is 6. The van der Waals surface area contributed by atoms with Crippen LogP contribution in [0, 0.1) is 0 Å². The molecular weight excluding hydrogens is 214 g/mol. The van der Waals surface area contributed by atoms with Gasteiger partial charge >= 0.3 is 0 Å². The van der Waals surface area contributed by atoms with E-state index in [1.165, 1.54) is 0 Å². The van der Waals surface area contributed by atoms with Crippen LogP contribution in [0.2, 0.25) is 0 Å². The van der Waals surface area contributed by atoms with Crippen LogP contribution in [0.25, 0.3) is 0 Å². The van der Waals surface area contributed by atoms with Gasteiger partial charge in [0.05, 0.1) is 0 Å². The maximum Gasteiger partial charge on any atom is 0.131 e. The molecule has 0 saturated heterocycles. The smallest absolute Gasteiger partial charge is 0.131 e. The summed E-state index contributed by atoms with van der Waals surface area (Å²) >= 11 is 0. The lowest BCUT2D eigenvalue weighted by Crippen LogP contribution is -2.34. The first-order valence-electron chi connectivity index (χ1n) is 5.98. The number of aromatic nitrogens is 2.